The van der Waals surface area contributed by atoms with Crippen LogP contribution in [0.25, 0.3) is 33.4 Å². The highest BCUT2D eigenvalue weighted by molar-refractivity contribution is 6.09. The largest absolute Gasteiger partial charge is 0.398 e. The van der Waals surface area contributed by atoms with E-state index in [4.69, 9.17) is 10.7 Å². The molecule has 2 N–H and O–H groups in total. The van der Waals surface area contributed by atoms with Gasteiger partial charge in [-0.15, -0.1) is 6.58 Å². The summed E-state index contributed by atoms with van der Waals surface area (Å²) in [6, 6.07) is 22.7. The fourth-order valence-corrected chi connectivity index (χ4v) is 3.67. The van der Waals surface area contributed by atoms with Crippen molar-refractivity contribution < 1.29 is 0 Å². The molecule has 28 heavy (non-hydrogen) atoms. The van der Waals surface area contributed by atoms with Crippen molar-refractivity contribution in [1.82, 2.24) is 9.55 Å². The Hall–Kier alpha value is -3.53. The number of hydrogen-bond acceptors (Lipinski definition) is 3. The quantitative estimate of drug-likeness (QED) is 0.492. The van der Waals surface area contributed by atoms with Gasteiger partial charge in [0.2, 0.25) is 0 Å². The van der Waals surface area contributed by atoms with Crippen molar-refractivity contribution in [1.29, 1.82) is 0 Å². The Morgan fingerprint density at radius 2 is 1.61 bits per heavy atom. The Balaban J connectivity index is 2.19. The molecule has 140 valence electrons. The molecular formula is C24H24N4. The molecule has 4 heteroatoms. The van der Waals surface area contributed by atoms with Crippen LogP contribution in [0.5, 0.6) is 0 Å². The van der Waals surface area contributed by atoms with Gasteiger partial charge in [-0.25, -0.2) is 4.98 Å². The van der Waals surface area contributed by atoms with Gasteiger partial charge < -0.3 is 15.2 Å². The zero-order valence-electron chi connectivity index (χ0n) is 16.3. The van der Waals surface area contributed by atoms with Gasteiger partial charge in [0.05, 0.1) is 11.1 Å². The van der Waals surface area contributed by atoms with Crippen molar-refractivity contribution in [2.75, 3.05) is 24.7 Å². The minimum Gasteiger partial charge on any atom is -0.398 e. The number of fused-ring (bicyclic) bond motifs is 1. The van der Waals surface area contributed by atoms with Crippen LogP contribution < -0.4 is 10.6 Å². The van der Waals surface area contributed by atoms with Gasteiger partial charge in [0.25, 0.3) is 0 Å². The third kappa shape index (κ3) is 2.93. The minimum atomic E-state index is 0.650. The summed E-state index contributed by atoms with van der Waals surface area (Å²) >= 11 is 0. The van der Waals surface area contributed by atoms with Crippen LogP contribution in [0.15, 0.2) is 79.4 Å². The molecule has 4 aromatic rings. The summed E-state index contributed by atoms with van der Waals surface area (Å²) in [5.41, 5.74) is 12.7. The maximum absolute atomic E-state index is 6.58. The number of hydrogen-bond donors (Lipinski definition) is 1. The number of rotatable bonds is 5. The van der Waals surface area contributed by atoms with E-state index in [-0.39, 0.29) is 0 Å². The van der Waals surface area contributed by atoms with E-state index in [0.29, 0.717) is 6.54 Å². The number of nitrogens with zero attached hydrogens (tertiary/aromatic N) is 3. The summed E-state index contributed by atoms with van der Waals surface area (Å²) in [4.78, 5) is 6.93. The number of nitrogen functional groups attached to an aromatic ring is 1. The lowest BCUT2D eigenvalue weighted by Gasteiger charge is -2.13. The second-order valence-electron chi connectivity index (χ2n) is 7.02. The molecule has 0 aliphatic carbocycles. The second-order valence-corrected chi connectivity index (χ2v) is 7.02. The molecule has 0 fully saturated rings. The molecule has 0 aliphatic rings. The number of nitrogens with two attached hydrogens (primary N) is 1. The molecule has 4 nitrogen and oxygen atoms in total. The fourth-order valence-electron chi connectivity index (χ4n) is 3.67. The maximum atomic E-state index is 6.58. The van der Waals surface area contributed by atoms with E-state index in [2.05, 4.69) is 59.7 Å². The van der Waals surface area contributed by atoms with Crippen molar-refractivity contribution in [2.24, 2.45) is 0 Å². The molecular weight excluding hydrogens is 344 g/mol. The summed E-state index contributed by atoms with van der Waals surface area (Å²) < 4.78 is 2.21. The molecule has 0 bridgehead atoms. The second kappa shape index (κ2) is 7.24. The maximum Gasteiger partial charge on any atom is 0.145 e. The summed E-state index contributed by atoms with van der Waals surface area (Å²) in [5.74, 6) is 0.840. The van der Waals surface area contributed by atoms with Gasteiger partial charge in [-0.3, -0.25) is 0 Å². The number of aromatic nitrogens is 2. The molecule has 4 rings (SSSR count). The van der Waals surface area contributed by atoms with Crippen LogP contribution in [0.2, 0.25) is 0 Å². The normalized spacial score (nSPS) is 10.9. The van der Waals surface area contributed by atoms with E-state index < -0.39 is 0 Å². The Morgan fingerprint density at radius 1 is 1.00 bits per heavy atom. The van der Waals surface area contributed by atoms with E-state index in [9.17, 15) is 0 Å². The number of benzene rings is 2. The van der Waals surface area contributed by atoms with Crippen LogP contribution in [0.3, 0.4) is 0 Å². The number of allylic oxidation sites excluding steroid dienone is 1. The first-order valence-corrected chi connectivity index (χ1v) is 9.33. The van der Waals surface area contributed by atoms with Crippen molar-refractivity contribution in [2.45, 2.75) is 6.54 Å². The Kier molecular flexibility index (Phi) is 4.62. The van der Waals surface area contributed by atoms with Crippen molar-refractivity contribution in [3.63, 3.8) is 0 Å². The standard InChI is InChI=1S/C24H24N4/c1-4-15-28-23(18-13-9-6-10-14-18)21(17-11-7-5-8-12-17)22-19(25)16-20(27(2)3)26-24(22)28/h4-14,16H,1,15H2,2-3H3,(H2,25,26). The van der Waals surface area contributed by atoms with E-state index in [1.54, 1.807) is 0 Å². The third-order valence-electron chi connectivity index (χ3n) is 4.91. The van der Waals surface area contributed by atoms with Crippen LogP contribution in [0, 0.1) is 0 Å². The van der Waals surface area contributed by atoms with Crippen LogP contribution in [-0.2, 0) is 6.54 Å². The summed E-state index contributed by atoms with van der Waals surface area (Å²) in [5, 5.41) is 0.984. The molecule has 0 spiro atoms. The van der Waals surface area contributed by atoms with Gasteiger partial charge in [0.15, 0.2) is 0 Å². The highest BCUT2D eigenvalue weighted by Crippen LogP contribution is 2.43. The van der Waals surface area contributed by atoms with Crippen LogP contribution in [0.1, 0.15) is 0 Å². The summed E-state index contributed by atoms with van der Waals surface area (Å²) in [6.07, 6.45) is 1.90. The molecule has 2 aromatic carbocycles. The Bertz CT molecular complexity index is 1130. The molecule has 0 saturated heterocycles. The summed E-state index contributed by atoms with van der Waals surface area (Å²) in [7, 11) is 3.95. The molecule has 0 amide bonds. The van der Waals surface area contributed by atoms with Crippen molar-refractivity contribution in [3.8, 4) is 22.4 Å². The van der Waals surface area contributed by atoms with E-state index in [1.165, 1.54) is 0 Å². The van der Waals surface area contributed by atoms with Crippen LogP contribution in [0.4, 0.5) is 11.5 Å². The highest BCUT2D eigenvalue weighted by atomic mass is 15.2. The van der Waals surface area contributed by atoms with Gasteiger partial charge in [-0.1, -0.05) is 66.7 Å². The average molecular weight is 368 g/mol. The fraction of sp³-hybridized carbons (Fsp3) is 0.125. The smallest absolute Gasteiger partial charge is 0.145 e. The van der Waals surface area contributed by atoms with Gasteiger partial charge >= 0.3 is 0 Å². The number of pyridine rings is 1. The predicted molar refractivity (Wildman–Crippen MR) is 120 cm³/mol. The molecule has 0 saturated carbocycles. The van der Waals surface area contributed by atoms with Crippen molar-refractivity contribution in [3.05, 3.63) is 79.4 Å². The zero-order chi connectivity index (χ0) is 19.7. The van der Waals surface area contributed by atoms with Crippen LogP contribution >= 0.6 is 0 Å². The lowest BCUT2D eigenvalue weighted by molar-refractivity contribution is 0.859. The van der Waals surface area contributed by atoms with Crippen molar-refractivity contribution >= 4 is 22.5 Å². The third-order valence-corrected chi connectivity index (χ3v) is 4.91. The Morgan fingerprint density at radius 3 is 2.18 bits per heavy atom. The molecule has 0 radical (unpaired) electrons. The number of anilines is 2. The molecule has 0 aliphatic heterocycles. The van der Waals surface area contributed by atoms with Crippen LogP contribution in [-0.4, -0.2) is 23.6 Å². The molecule has 0 atom stereocenters. The SMILES string of the molecule is C=CCn1c(-c2ccccc2)c(-c2ccccc2)c2c(N)cc(N(C)C)nc21. The zero-order valence-corrected chi connectivity index (χ0v) is 16.3. The summed E-state index contributed by atoms with van der Waals surface area (Å²) in [6.45, 7) is 4.62. The molecule has 2 heterocycles. The van der Waals surface area contributed by atoms with E-state index in [0.717, 1.165) is 44.9 Å². The molecule has 0 unspecified atom stereocenters. The van der Waals surface area contributed by atoms with E-state index >= 15 is 0 Å². The van der Waals surface area contributed by atoms with E-state index in [1.807, 2.05) is 43.3 Å². The average Bonchev–Trinajstić information content (AvgIpc) is 3.04. The van der Waals surface area contributed by atoms with Gasteiger partial charge in [-0.05, 0) is 11.1 Å². The van der Waals surface area contributed by atoms with Gasteiger partial charge in [-0.2, -0.15) is 0 Å². The molecule has 2 aromatic heterocycles. The Labute approximate surface area is 165 Å². The van der Waals surface area contributed by atoms with Gasteiger partial charge in [0, 0.05) is 38.0 Å². The first kappa shape index (κ1) is 17.9. The van der Waals surface area contributed by atoms with Gasteiger partial charge in [0.1, 0.15) is 11.5 Å². The first-order valence-electron chi connectivity index (χ1n) is 9.33. The predicted octanol–water partition coefficient (Wildman–Crippen LogP) is 5.20. The first-order chi connectivity index (χ1) is 13.6. The monoisotopic (exact) mass is 368 g/mol. The lowest BCUT2D eigenvalue weighted by Crippen LogP contribution is -2.12. The topological polar surface area (TPSA) is 47.1 Å². The minimum absolute atomic E-state index is 0.650. The highest BCUT2D eigenvalue weighted by Gasteiger charge is 2.23. The lowest BCUT2D eigenvalue weighted by atomic mass is 9.98.